The van der Waals surface area contributed by atoms with Gasteiger partial charge in [-0.2, -0.15) is 0 Å². The lowest BCUT2D eigenvalue weighted by Crippen LogP contribution is -2.64. The lowest BCUT2D eigenvalue weighted by molar-refractivity contribution is -0.127. The van der Waals surface area contributed by atoms with Crippen LogP contribution in [0.1, 0.15) is 39.0 Å². The molecule has 0 aromatic rings. The van der Waals surface area contributed by atoms with Crippen LogP contribution in [0.15, 0.2) is 4.99 Å². The van der Waals surface area contributed by atoms with Gasteiger partial charge in [-0.3, -0.25) is 10.1 Å². The van der Waals surface area contributed by atoms with Crippen molar-refractivity contribution in [2.75, 3.05) is 26.7 Å². The molecular formula is C15H25N5O2. The zero-order valence-corrected chi connectivity index (χ0v) is 13.4. The minimum absolute atomic E-state index is 0.222. The van der Waals surface area contributed by atoms with Crippen molar-refractivity contribution in [3.05, 3.63) is 0 Å². The second-order valence-corrected chi connectivity index (χ2v) is 6.29. The van der Waals surface area contributed by atoms with Gasteiger partial charge in [0.05, 0.1) is 0 Å². The minimum Gasteiger partial charge on any atom is -0.343 e. The minimum atomic E-state index is -0.393. The number of carbonyl (C=O) groups is 2. The van der Waals surface area contributed by atoms with E-state index in [1.54, 1.807) is 11.9 Å². The van der Waals surface area contributed by atoms with E-state index in [1.807, 2.05) is 0 Å². The fraction of sp³-hybridized carbons (Fsp3) is 0.800. The molecule has 22 heavy (non-hydrogen) atoms. The van der Waals surface area contributed by atoms with Gasteiger partial charge in [0.2, 0.25) is 0 Å². The van der Waals surface area contributed by atoms with Crippen molar-refractivity contribution in [3.8, 4) is 0 Å². The van der Waals surface area contributed by atoms with Crippen LogP contribution in [0, 0.1) is 0 Å². The Labute approximate surface area is 131 Å². The summed E-state index contributed by atoms with van der Waals surface area (Å²) < 4.78 is 0. The second-order valence-electron chi connectivity index (χ2n) is 6.29. The van der Waals surface area contributed by atoms with Crippen molar-refractivity contribution in [2.45, 2.75) is 51.2 Å². The molecule has 2 unspecified atom stereocenters. The third-order valence-electron chi connectivity index (χ3n) is 4.73. The Hall–Kier alpha value is -1.79. The maximum atomic E-state index is 12.3. The van der Waals surface area contributed by atoms with Crippen LogP contribution in [-0.4, -0.2) is 71.5 Å². The average molecular weight is 307 g/mol. The van der Waals surface area contributed by atoms with Crippen LogP contribution >= 0.6 is 0 Å². The summed E-state index contributed by atoms with van der Waals surface area (Å²) in [6.45, 7) is 4.92. The Kier molecular flexibility index (Phi) is 4.22. The molecule has 2 saturated heterocycles. The largest absolute Gasteiger partial charge is 0.343 e. The lowest BCUT2D eigenvalue weighted by atomic mass is 10.1. The number of rotatable bonds is 3. The highest BCUT2D eigenvalue weighted by atomic mass is 16.2. The molecule has 1 N–H and O–H groups in total. The Balaban J connectivity index is 1.87. The summed E-state index contributed by atoms with van der Waals surface area (Å²) in [7, 11) is 1.71. The Morgan fingerprint density at radius 3 is 2.64 bits per heavy atom. The Morgan fingerprint density at radius 1 is 1.23 bits per heavy atom. The van der Waals surface area contributed by atoms with Crippen molar-refractivity contribution < 1.29 is 9.59 Å². The number of nitrogens with zero attached hydrogens (tertiary/aromatic N) is 4. The molecule has 0 aliphatic carbocycles. The van der Waals surface area contributed by atoms with Gasteiger partial charge in [0, 0.05) is 26.7 Å². The molecule has 0 bridgehead atoms. The maximum Gasteiger partial charge on any atom is 0.325 e. The zero-order chi connectivity index (χ0) is 15.7. The van der Waals surface area contributed by atoms with E-state index in [0.717, 1.165) is 51.3 Å². The smallest absolute Gasteiger partial charge is 0.325 e. The summed E-state index contributed by atoms with van der Waals surface area (Å²) in [6.07, 6.45) is 5.27. The van der Waals surface area contributed by atoms with Crippen molar-refractivity contribution in [2.24, 2.45) is 4.99 Å². The molecular weight excluding hydrogens is 282 g/mol. The number of imide groups is 1. The van der Waals surface area contributed by atoms with E-state index >= 15 is 0 Å². The van der Waals surface area contributed by atoms with E-state index < -0.39 is 6.17 Å². The third-order valence-corrected chi connectivity index (χ3v) is 4.73. The summed E-state index contributed by atoms with van der Waals surface area (Å²) in [4.78, 5) is 34.9. The fourth-order valence-electron chi connectivity index (χ4n) is 3.44. The molecule has 3 heterocycles. The number of aliphatic imine (C=N–C) groups is 1. The van der Waals surface area contributed by atoms with Crippen LogP contribution in [0.4, 0.5) is 4.79 Å². The lowest BCUT2D eigenvalue weighted by Gasteiger charge is -2.38. The molecule has 0 spiro atoms. The number of urea groups is 1. The summed E-state index contributed by atoms with van der Waals surface area (Å²) >= 11 is 0. The number of likely N-dealkylation sites (N-methyl/N-ethyl adjacent to an activating group) is 1. The predicted octanol–water partition coefficient (Wildman–Crippen LogP) is 0.820. The summed E-state index contributed by atoms with van der Waals surface area (Å²) in [5, 5.41) is 2.44. The average Bonchev–Trinajstić information content (AvgIpc) is 2.91. The van der Waals surface area contributed by atoms with Gasteiger partial charge in [0.1, 0.15) is 0 Å². The summed E-state index contributed by atoms with van der Waals surface area (Å²) in [5.41, 5.74) is 0. The normalized spacial score (nSPS) is 28.6. The number of nitrogens with one attached hydrogen (secondary N) is 1. The van der Waals surface area contributed by atoms with Gasteiger partial charge in [0.15, 0.2) is 18.2 Å². The second kappa shape index (κ2) is 6.14. The van der Waals surface area contributed by atoms with E-state index in [0.29, 0.717) is 0 Å². The van der Waals surface area contributed by atoms with Crippen molar-refractivity contribution in [1.82, 2.24) is 20.0 Å². The molecule has 2 atom stereocenters. The molecule has 122 valence electrons. The number of piperidine rings is 1. The van der Waals surface area contributed by atoms with Crippen molar-refractivity contribution in [3.63, 3.8) is 0 Å². The van der Waals surface area contributed by atoms with Crippen LogP contribution in [0.5, 0.6) is 0 Å². The first-order valence-corrected chi connectivity index (χ1v) is 8.30. The Bertz CT molecular complexity index is 486. The van der Waals surface area contributed by atoms with E-state index in [1.165, 1.54) is 6.42 Å². The quantitative estimate of drug-likeness (QED) is 0.838. The van der Waals surface area contributed by atoms with Crippen LogP contribution in [-0.2, 0) is 4.79 Å². The summed E-state index contributed by atoms with van der Waals surface area (Å²) in [6, 6.07) is -0.739. The number of unbranched alkanes of at least 4 members (excludes halogenated alkanes) is 1. The number of guanidine groups is 1. The van der Waals surface area contributed by atoms with E-state index in [9.17, 15) is 9.59 Å². The maximum absolute atomic E-state index is 12.3. The molecule has 3 rings (SSSR count). The number of hydrogen-bond acceptors (Lipinski definition) is 5. The van der Waals surface area contributed by atoms with Gasteiger partial charge >= 0.3 is 6.03 Å². The predicted molar refractivity (Wildman–Crippen MR) is 83.4 cm³/mol. The van der Waals surface area contributed by atoms with Gasteiger partial charge in [-0.05, 0) is 25.7 Å². The van der Waals surface area contributed by atoms with Gasteiger partial charge in [-0.15, -0.1) is 0 Å². The van der Waals surface area contributed by atoms with E-state index in [4.69, 9.17) is 4.99 Å². The molecule has 2 fully saturated rings. The molecule has 7 heteroatoms. The molecule has 0 aromatic heterocycles. The van der Waals surface area contributed by atoms with Crippen molar-refractivity contribution in [1.29, 1.82) is 0 Å². The molecule has 3 aliphatic rings. The number of carbonyl (C=O) groups excluding carboxylic acids is 2. The molecule has 0 saturated carbocycles. The number of fused-ring (bicyclic) bond motifs is 1. The van der Waals surface area contributed by atoms with Gasteiger partial charge in [-0.1, -0.05) is 13.3 Å². The first-order valence-electron chi connectivity index (χ1n) is 8.30. The third kappa shape index (κ3) is 2.53. The van der Waals surface area contributed by atoms with E-state index in [2.05, 4.69) is 22.0 Å². The Morgan fingerprint density at radius 2 is 1.95 bits per heavy atom. The molecule has 0 aromatic carbocycles. The highest BCUT2D eigenvalue weighted by Gasteiger charge is 2.49. The first kappa shape index (κ1) is 15.1. The van der Waals surface area contributed by atoms with Crippen molar-refractivity contribution >= 4 is 17.9 Å². The topological polar surface area (TPSA) is 68.2 Å². The fourth-order valence-corrected chi connectivity index (χ4v) is 3.44. The molecule has 3 aliphatic heterocycles. The number of amides is 3. The highest BCUT2D eigenvalue weighted by Crippen LogP contribution is 2.27. The SMILES string of the molecule is CCCCN1C(N2CCCCC2)=NC2C1C(=O)NC(=O)N2C. The standard InChI is InChI=1S/C15H25N5O2/c1-3-4-10-20-11-12(18(2)15(22)17-13(11)21)16-14(20)19-8-6-5-7-9-19/h11-12H,3-10H2,1-2H3,(H,17,21,22). The summed E-state index contributed by atoms with van der Waals surface area (Å²) in [5.74, 6) is 0.680. The van der Waals surface area contributed by atoms with Crippen LogP contribution in [0.25, 0.3) is 0 Å². The van der Waals surface area contributed by atoms with Gasteiger partial charge in [0.25, 0.3) is 5.91 Å². The zero-order valence-electron chi connectivity index (χ0n) is 13.4. The van der Waals surface area contributed by atoms with Crippen LogP contribution < -0.4 is 5.32 Å². The molecule has 7 nitrogen and oxygen atoms in total. The number of likely N-dealkylation sites (tertiary alicyclic amines) is 1. The first-order chi connectivity index (χ1) is 10.6. The van der Waals surface area contributed by atoms with Crippen LogP contribution in [0.3, 0.4) is 0 Å². The highest BCUT2D eigenvalue weighted by molar-refractivity contribution is 6.03. The van der Waals surface area contributed by atoms with Gasteiger partial charge < -0.3 is 14.7 Å². The molecule has 0 radical (unpaired) electrons. The monoisotopic (exact) mass is 307 g/mol. The van der Waals surface area contributed by atoms with Crippen LogP contribution in [0.2, 0.25) is 0 Å². The molecule has 3 amide bonds. The van der Waals surface area contributed by atoms with Gasteiger partial charge in [-0.25, -0.2) is 9.79 Å². The number of hydrogen-bond donors (Lipinski definition) is 1. The van der Waals surface area contributed by atoms with E-state index in [-0.39, 0.29) is 18.0 Å².